The van der Waals surface area contributed by atoms with E-state index in [-0.39, 0.29) is 42.0 Å². The monoisotopic (exact) mass is 534 g/mol. The number of likely N-dealkylation sites (N-methyl/N-ethyl adjacent to an activating group) is 1. The number of hydrogen-bond acceptors (Lipinski definition) is 5. The van der Waals surface area contributed by atoms with Crippen LogP contribution in [0.15, 0.2) is 30.0 Å². The Morgan fingerprint density at radius 3 is 2.39 bits per heavy atom. The van der Waals surface area contributed by atoms with Gasteiger partial charge in [0.25, 0.3) is 0 Å². The van der Waals surface area contributed by atoms with E-state index in [2.05, 4.69) is 10.6 Å². The van der Waals surface area contributed by atoms with Crippen LogP contribution in [0.25, 0.3) is 0 Å². The maximum Gasteiger partial charge on any atom is 0.246 e. The molecule has 2 heterocycles. The molecule has 0 radical (unpaired) electrons. The summed E-state index contributed by atoms with van der Waals surface area (Å²) in [6.45, 7) is 11.7. The fourth-order valence-corrected chi connectivity index (χ4v) is 4.89. The van der Waals surface area contributed by atoms with E-state index in [1.54, 1.807) is 30.0 Å². The first-order valence-corrected chi connectivity index (χ1v) is 13.1. The summed E-state index contributed by atoms with van der Waals surface area (Å²) < 4.78 is 32.9. The van der Waals surface area contributed by atoms with Crippen LogP contribution in [0.2, 0.25) is 0 Å². The minimum Gasteiger partial charge on any atom is -0.489 e. The van der Waals surface area contributed by atoms with Crippen LogP contribution in [0.1, 0.15) is 54.4 Å². The molecule has 2 aliphatic rings. The third-order valence-electron chi connectivity index (χ3n) is 7.08. The topological polar surface area (TPSA) is 91.0 Å². The van der Waals surface area contributed by atoms with Gasteiger partial charge in [0.05, 0.1) is 18.1 Å². The van der Waals surface area contributed by atoms with E-state index in [0.29, 0.717) is 25.0 Å². The largest absolute Gasteiger partial charge is 0.489 e. The molecule has 0 spiro atoms. The minimum atomic E-state index is -1.02. The van der Waals surface area contributed by atoms with E-state index >= 15 is 0 Å². The molecule has 4 atom stereocenters. The van der Waals surface area contributed by atoms with Crippen molar-refractivity contribution in [2.75, 3.05) is 20.2 Å². The van der Waals surface area contributed by atoms with Crippen LogP contribution < -0.4 is 15.4 Å². The molecule has 3 rings (SSSR count). The summed E-state index contributed by atoms with van der Waals surface area (Å²) >= 11 is 0. The zero-order valence-electron chi connectivity index (χ0n) is 23.3. The van der Waals surface area contributed by atoms with Crippen LogP contribution in [0.3, 0.4) is 0 Å². The Morgan fingerprint density at radius 1 is 1.13 bits per heavy atom. The number of carbonyl (C=O) groups excluding carboxylic acids is 3. The zero-order valence-corrected chi connectivity index (χ0v) is 23.3. The summed E-state index contributed by atoms with van der Waals surface area (Å²) in [5.41, 5.74) is 0.112. The second-order valence-electron chi connectivity index (χ2n) is 11.6. The Balaban J connectivity index is 1.89. The zero-order chi connectivity index (χ0) is 28.4. The Labute approximate surface area is 223 Å². The predicted molar refractivity (Wildman–Crippen MR) is 140 cm³/mol. The van der Waals surface area contributed by atoms with E-state index in [1.807, 2.05) is 34.6 Å². The van der Waals surface area contributed by atoms with Gasteiger partial charge in [0, 0.05) is 30.8 Å². The van der Waals surface area contributed by atoms with E-state index in [4.69, 9.17) is 4.74 Å². The first kappa shape index (κ1) is 29.5. The van der Waals surface area contributed by atoms with Crippen LogP contribution >= 0.6 is 0 Å². The first-order valence-electron chi connectivity index (χ1n) is 13.1. The molecule has 1 aromatic rings. The lowest BCUT2D eigenvalue weighted by Crippen LogP contribution is -2.59. The number of amides is 3. The van der Waals surface area contributed by atoms with Crippen molar-refractivity contribution in [3.8, 4) is 5.75 Å². The molecule has 38 heavy (non-hydrogen) atoms. The molecule has 0 aromatic heterocycles. The molecule has 8 nitrogen and oxygen atoms in total. The summed E-state index contributed by atoms with van der Waals surface area (Å²) in [6.07, 6.45) is 2.66. The number of likely N-dealkylation sites (tertiary alicyclic amines) is 1. The molecule has 1 fully saturated rings. The van der Waals surface area contributed by atoms with Crippen molar-refractivity contribution in [2.24, 2.45) is 11.3 Å². The SMILES string of the molecule is CNC(C)C(=O)NC(C(=O)N1CCC2C1C(COc1ccc(F)c(F)c1)=CN2C(=O)CC(C)C)C(C)(C)C. The van der Waals surface area contributed by atoms with Crippen LogP contribution in [-0.4, -0.2) is 71.9 Å². The first-order chi connectivity index (χ1) is 17.7. The van der Waals surface area contributed by atoms with Gasteiger partial charge >= 0.3 is 0 Å². The van der Waals surface area contributed by atoms with Gasteiger partial charge in [-0.15, -0.1) is 0 Å². The highest BCUT2D eigenvalue weighted by Crippen LogP contribution is 2.37. The molecular weight excluding hydrogens is 494 g/mol. The standard InChI is InChI=1S/C28H40F2N4O4/c1-16(2)12-23(35)34-14-18(15-38-19-8-9-20(29)21(30)13-19)24-22(34)10-11-33(24)27(37)25(28(4,5)6)32-26(36)17(3)31-7/h8-9,13-14,16-17,22,24-25,31H,10-12,15H2,1-7H3,(H,32,36). The third-order valence-corrected chi connectivity index (χ3v) is 7.08. The van der Waals surface area contributed by atoms with Crippen molar-refractivity contribution in [2.45, 2.75) is 78.6 Å². The summed E-state index contributed by atoms with van der Waals surface area (Å²) in [7, 11) is 1.68. The number of carbonyl (C=O) groups is 3. The minimum absolute atomic E-state index is 0.00912. The molecule has 2 N–H and O–H groups in total. The van der Waals surface area contributed by atoms with Crippen molar-refractivity contribution in [1.29, 1.82) is 0 Å². The number of ether oxygens (including phenoxy) is 1. The highest BCUT2D eigenvalue weighted by molar-refractivity contribution is 5.91. The van der Waals surface area contributed by atoms with Crippen molar-refractivity contribution < 1.29 is 27.9 Å². The highest BCUT2D eigenvalue weighted by Gasteiger charge is 2.50. The number of hydrogen-bond donors (Lipinski definition) is 2. The predicted octanol–water partition coefficient (Wildman–Crippen LogP) is 3.22. The second-order valence-corrected chi connectivity index (χ2v) is 11.6. The number of fused-ring (bicyclic) bond motifs is 1. The van der Waals surface area contributed by atoms with E-state index in [0.717, 1.165) is 12.1 Å². The molecule has 2 aliphatic heterocycles. The molecule has 0 aliphatic carbocycles. The van der Waals surface area contributed by atoms with Crippen LogP contribution in [-0.2, 0) is 14.4 Å². The molecular formula is C28H40F2N4O4. The van der Waals surface area contributed by atoms with Gasteiger partial charge in [-0.2, -0.15) is 0 Å². The highest BCUT2D eigenvalue weighted by atomic mass is 19.2. The van der Waals surface area contributed by atoms with Gasteiger partial charge in [-0.1, -0.05) is 34.6 Å². The summed E-state index contributed by atoms with van der Waals surface area (Å²) in [4.78, 5) is 43.2. The van der Waals surface area contributed by atoms with Gasteiger partial charge in [-0.3, -0.25) is 14.4 Å². The van der Waals surface area contributed by atoms with Gasteiger partial charge < -0.3 is 25.2 Å². The molecule has 1 saturated heterocycles. The Hall–Kier alpha value is -3.01. The lowest BCUT2D eigenvalue weighted by Gasteiger charge is -2.36. The fraction of sp³-hybridized carbons (Fsp3) is 0.607. The molecule has 1 aromatic carbocycles. The van der Waals surface area contributed by atoms with Crippen molar-refractivity contribution in [3.63, 3.8) is 0 Å². The van der Waals surface area contributed by atoms with Gasteiger partial charge in [-0.05, 0) is 43.9 Å². The second kappa shape index (κ2) is 11.8. The lowest BCUT2D eigenvalue weighted by molar-refractivity contribution is -0.140. The molecule has 10 heteroatoms. The molecule has 210 valence electrons. The quantitative estimate of drug-likeness (QED) is 0.508. The van der Waals surface area contributed by atoms with Crippen molar-refractivity contribution in [1.82, 2.24) is 20.4 Å². The molecule has 3 amide bonds. The van der Waals surface area contributed by atoms with Gasteiger partial charge in [0.15, 0.2) is 11.6 Å². The molecule has 0 saturated carbocycles. The van der Waals surface area contributed by atoms with Crippen LogP contribution in [0.5, 0.6) is 5.75 Å². The smallest absolute Gasteiger partial charge is 0.246 e. The van der Waals surface area contributed by atoms with E-state index in [1.165, 1.54) is 6.07 Å². The number of nitrogens with one attached hydrogen (secondary N) is 2. The van der Waals surface area contributed by atoms with Crippen LogP contribution in [0, 0.1) is 23.0 Å². The number of benzene rings is 1. The maximum atomic E-state index is 14.0. The summed E-state index contributed by atoms with van der Waals surface area (Å²) in [5.74, 6) is -2.26. The fourth-order valence-electron chi connectivity index (χ4n) is 4.89. The van der Waals surface area contributed by atoms with E-state index < -0.39 is 35.2 Å². The van der Waals surface area contributed by atoms with Crippen molar-refractivity contribution >= 4 is 17.7 Å². The van der Waals surface area contributed by atoms with E-state index in [9.17, 15) is 23.2 Å². The average molecular weight is 535 g/mol. The summed E-state index contributed by atoms with van der Waals surface area (Å²) in [5, 5.41) is 5.80. The van der Waals surface area contributed by atoms with Crippen LogP contribution in [0.4, 0.5) is 8.78 Å². The molecule has 0 bridgehead atoms. The Bertz CT molecular complexity index is 1090. The van der Waals surface area contributed by atoms with Gasteiger partial charge in [0.1, 0.15) is 18.4 Å². The third kappa shape index (κ3) is 6.51. The Morgan fingerprint density at radius 2 is 1.82 bits per heavy atom. The van der Waals surface area contributed by atoms with Gasteiger partial charge in [-0.25, -0.2) is 8.78 Å². The number of halogens is 2. The molecule has 4 unspecified atom stereocenters. The van der Waals surface area contributed by atoms with Crippen molar-refractivity contribution in [3.05, 3.63) is 41.6 Å². The Kier molecular flexibility index (Phi) is 9.17. The normalized spacial score (nSPS) is 20.7. The number of nitrogens with zero attached hydrogens (tertiary/aromatic N) is 2. The maximum absolute atomic E-state index is 14.0. The average Bonchev–Trinajstić information content (AvgIpc) is 3.42. The summed E-state index contributed by atoms with van der Waals surface area (Å²) in [6, 6.07) is 1.30. The number of rotatable bonds is 9. The van der Waals surface area contributed by atoms with Gasteiger partial charge in [0.2, 0.25) is 17.7 Å². The lowest BCUT2D eigenvalue weighted by atomic mass is 9.85.